The second kappa shape index (κ2) is 7.31. The molecule has 0 atom stereocenters. The molecule has 0 spiro atoms. The Bertz CT molecular complexity index is 661. The summed E-state index contributed by atoms with van der Waals surface area (Å²) in [4.78, 5) is 38.7. The van der Waals surface area contributed by atoms with Crippen molar-refractivity contribution in [2.75, 3.05) is 34.5 Å². The van der Waals surface area contributed by atoms with E-state index < -0.39 is 17.8 Å². The largest absolute Gasteiger partial charge is 0.493 e. The molecule has 0 radical (unpaired) electrons. The highest BCUT2D eigenvalue weighted by atomic mass is 16.5. The fraction of sp³-hybridized carbons (Fsp3) is 0.438. The minimum Gasteiger partial charge on any atom is -0.493 e. The summed E-state index contributed by atoms with van der Waals surface area (Å²) in [5.74, 6) is -0.343. The van der Waals surface area contributed by atoms with E-state index in [9.17, 15) is 14.4 Å². The molecule has 0 aromatic heterocycles. The molecule has 4 amide bonds. The normalized spacial score (nSPS) is 14.8. The number of rotatable bonds is 7. The zero-order valence-corrected chi connectivity index (χ0v) is 14.2. The number of imide groups is 2. The van der Waals surface area contributed by atoms with Crippen LogP contribution >= 0.6 is 0 Å². The van der Waals surface area contributed by atoms with Gasteiger partial charge in [0.25, 0.3) is 0 Å². The van der Waals surface area contributed by atoms with Crippen molar-refractivity contribution in [3.05, 3.63) is 23.8 Å². The maximum absolute atomic E-state index is 11.9. The van der Waals surface area contributed by atoms with Crippen LogP contribution < -0.4 is 9.47 Å². The molecule has 8 nitrogen and oxygen atoms in total. The summed E-state index contributed by atoms with van der Waals surface area (Å²) < 4.78 is 10.8. The molecule has 1 aromatic carbocycles. The summed E-state index contributed by atoms with van der Waals surface area (Å²) in [6, 6.07) is 4.93. The molecule has 24 heavy (non-hydrogen) atoms. The molecule has 1 aliphatic rings. The summed E-state index contributed by atoms with van der Waals surface area (Å²) in [7, 11) is 4.61. The minimum absolute atomic E-state index is 0.0310. The van der Waals surface area contributed by atoms with Gasteiger partial charge in [-0.25, -0.2) is 9.69 Å². The molecule has 1 saturated heterocycles. The van der Waals surface area contributed by atoms with Gasteiger partial charge >= 0.3 is 17.8 Å². The smallest absolute Gasteiger partial charge is 0.335 e. The van der Waals surface area contributed by atoms with E-state index in [-0.39, 0.29) is 6.67 Å². The third kappa shape index (κ3) is 3.48. The predicted molar refractivity (Wildman–Crippen MR) is 85.5 cm³/mol. The van der Waals surface area contributed by atoms with Crippen LogP contribution in [0.1, 0.15) is 12.5 Å². The number of urea groups is 1. The third-order valence-corrected chi connectivity index (χ3v) is 3.61. The SMILES string of the molecule is CCOc1ccc(CN(C)CN2C(=O)C(=O)N(C)C2=O)cc1OC. The van der Waals surface area contributed by atoms with E-state index in [0.29, 0.717) is 24.7 Å². The Hall–Kier alpha value is -2.61. The highest BCUT2D eigenvalue weighted by Crippen LogP contribution is 2.28. The van der Waals surface area contributed by atoms with Crippen LogP contribution in [0.5, 0.6) is 11.5 Å². The van der Waals surface area contributed by atoms with Gasteiger partial charge < -0.3 is 9.47 Å². The number of benzene rings is 1. The van der Waals surface area contributed by atoms with E-state index in [4.69, 9.17) is 9.47 Å². The Kier molecular flexibility index (Phi) is 5.40. The Labute approximate surface area is 140 Å². The number of ether oxygens (including phenoxy) is 2. The van der Waals surface area contributed by atoms with Gasteiger partial charge in [0.1, 0.15) is 0 Å². The maximum Gasteiger partial charge on any atom is 0.335 e. The zero-order valence-electron chi connectivity index (χ0n) is 14.2. The average molecular weight is 335 g/mol. The van der Waals surface area contributed by atoms with E-state index in [1.165, 1.54) is 7.05 Å². The summed E-state index contributed by atoms with van der Waals surface area (Å²) in [5.41, 5.74) is 0.927. The summed E-state index contributed by atoms with van der Waals surface area (Å²) in [5, 5.41) is 0. The highest BCUT2D eigenvalue weighted by molar-refractivity contribution is 6.44. The van der Waals surface area contributed by atoms with Crippen molar-refractivity contribution in [2.24, 2.45) is 0 Å². The monoisotopic (exact) mass is 335 g/mol. The highest BCUT2D eigenvalue weighted by Gasteiger charge is 2.42. The van der Waals surface area contributed by atoms with Crippen LogP contribution in [0.15, 0.2) is 18.2 Å². The number of carbonyl (C=O) groups excluding carboxylic acids is 3. The van der Waals surface area contributed by atoms with Crippen molar-refractivity contribution in [3.63, 3.8) is 0 Å². The van der Waals surface area contributed by atoms with Crippen LogP contribution in [0, 0.1) is 0 Å². The topological polar surface area (TPSA) is 79.4 Å². The first kappa shape index (κ1) is 17.7. The van der Waals surface area contributed by atoms with Gasteiger partial charge in [0, 0.05) is 13.6 Å². The standard InChI is InChI=1S/C16H21N3O5/c1-5-24-12-7-6-11(8-13(12)23-4)9-17(2)10-19-15(21)14(20)18(3)16(19)22/h6-8H,5,9-10H2,1-4H3. The summed E-state index contributed by atoms with van der Waals surface area (Å²) in [6.45, 7) is 2.93. The molecule has 1 aliphatic heterocycles. The Morgan fingerprint density at radius 2 is 1.83 bits per heavy atom. The molecule has 0 bridgehead atoms. The van der Waals surface area contributed by atoms with Crippen molar-refractivity contribution in [1.29, 1.82) is 0 Å². The lowest BCUT2D eigenvalue weighted by Gasteiger charge is -2.22. The lowest BCUT2D eigenvalue weighted by atomic mass is 10.2. The van der Waals surface area contributed by atoms with Gasteiger partial charge in [-0.15, -0.1) is 0 Å². The van der Waals surface area contributed by atoms with Crippen molar-refractivity contribution in [2.45, 2.75) is 13.5 Å². The van der Waals surface area contributed by atoms with Crippen molar-refractivity contribution >= 4 is 17.8 Å². The van der Waals surface area contributed by atoms with Gasteiger partial charge in [-0.1, -0.05) is 6.07 Å². The second-order valence-corrected chi connectivity index (χ2v) is 5.45. The Morgan fingerprint density at radius 1 is 1.12 bits per heavy atom. The van der Waals surface area contributed by atoms with Crippen LogP contribution in [0.2, 0.25) is 0 Å². The first-order chi connectivity index (χ1) is 11.4. The number of methoxy groups -OCH3 is 1. The molecular weight excluding hydrogens is 314 g/mol. The number of hydrogen-bond acceptors (Lipinski definition) is 6. The van der Waals surface area contributed by atoms with Crippen LogP contribution in [-0.2, 0) is 16.1 Å². The number of nitrogens with zero attached hydrogens (tertiary/aromatic N) is 3. The van der Waals surface area contributed by atoms with Crippen LogP contribution in [0.3, 0.4) is 0 Å². The fourth-order valence-corrected chi connectivity index (χ4v) is 2.43. The minimum atomic E-state index is -0.809. The van der Waals surface area contributed by atoms with E-state index in [1.807, 2.05) is 25.1 Å². The maximum atomic E-state index is 11.9. The molecule has 8 heteroatoms. The average Bonchev–Trinajstić information content (AvgIpc) is 2.74. The molecule has 2 rings (SSSR count). The molecule has 0 N–H and O–H groups in total. The molecule has 0 saturated carbocycles. The van der Waals surface area contributed by atoms with Crippen LogP contribution in [-0.4, -0.2) is 67.0 Å². The van der Waals surface area contributed by atoms with Crippen LogP contribution in [0.4, 0.5) is 4.79 Å². The molecule has 1 heterocycles. The van der Waals surface area contributed by atoms with Gasteiger partial charge in [0.2, 0.25) is 0 Å². The molecule has 0 unspecified atom stereocenters. The first-order valence-electron chi connectivity index (χ1n) is 7.50. The molecule has 1 aromatic rings. The lowest BCUT2D eigenvalue weighted by molar-refractivity contribution is -0.143. The Balaban J connectivity index is 2.05. The second-order valence-electron chi connectivity index (χ2n) is 5.45. The summed E-state index contributed by atoms with van der Waals surface area (Å²) >= 11 is 0. The van der Waals surface area contributed by atoms with Crippen molar-refractivity contribution in [1.82, 2.24) is 14.7 Å². The zero-order chi connectivity index (χ0) is 17.9. The van der Waals surface area contributed by atoms with Gasteiger partial charge in [0.15, 0.2) is 11.5 Å². The van der Waals surface area contributed by atoms with Gasteiger partial charge in [0.05, 0.1) is 20.4 Å². The van der Waals surface area contributed by atoms with Crippen LogP contribution in [0.25, 0.3) is 0 Å². The van der Waals surface area contributed by atoms with Gasteiger partial charge in [-0.2, -0.15) is 0 Å². The Morgan fingerprint density at radius 3 is 2.38 bits per heavy atom. The number of amides is 4. The van der Waals surface area contributed by atoms with E-state index in [0.717, 1.165) is 15.4 Å². The van der Waals surface area contributed by atoms with E-state index >= 15 is 0 Å². The quantitative estimate of drug-likeness (QED) is 0.544. The molecule has 0 aliphatic carbocycles. The molecule has 1 fully saturated rings. The number of likely N-dealkylation sites (N-methyl/N-ethyl adjacent to an activating group) is 1. The van der Waals surface area contributed by atoms with E-state index in [1.54, 1.807) is 19.1 Å². The van der Waals surface area contributed by atoms with Crippen molar-refractivity contribution < 1.29 is 23.9 Å². The number of carbonyl (C=O) groups is 3. The number of hydrogen-bond donors (Lipinski definition) is 0. The summed E-state index contributed by atoms with van der Waals surface area (Å²) in [6.07, 6.45) is 0. The third-order valence-electron chi connectivity index (χ3n) is 3.61. The first-order valence-corrected chi connectivity index (χ1v) is 7.50. The molecule has 130 valence electrons. The lowest BCUT2D eigenvalue weighted by Crippen LogP contribution is -2.40. The van der Waals surface area contributed by atoms with Crippen molar-refractivity contribution in [3.8, 4) is 11.5 Å². The van der Waals surface area contributed by atoms with Gasteiger partial charge in [-0.3, -0.25) is 19.4 Å². The van der Waals surface area contributed by atoms with Gasteiger partial charge in [-0.05, 0) is 31.7 Å². The van der Waals surface area contributed by atoms with E-state index in [2.05, 4.69) is 0 Å². The fourth-order valence-electron chi connectivity index (χ4n) is 2.43. The molecular formula is C16H21N3O5. The predicted octanol–water partition coefficient (Wildman–Crippen LogP) is 0.904.